The average Bonchev–Trinajstić information content (AvgIpc) is 2.85. The number of nitrogens with one attached hydrogen (secondary N) is 1. The average molecular weight is 465 g/mol. The van der Waals surface area contributed by atoms with Crippen molar-refractivity contribution in [2.45, 2.75) is 12.3 Å². The van der Waals surface area contributed by atoms with Gasteiger partial charge in [-0.1, -0.05) is 30.3 Å². The molecule has 33 heavy (non-hydrogen) atoms. The number of rotatable bonds is 7. The second-order valence-electron chi connectivity index (χ2n) is 7.96. The minimum absolute atomic E-state index is 0.151. The molecular formula is C25H30N5O2S+. The Morgan fingerprint density at radius 3 is 2.52 bits per heavy atom. The summed E-state index contributed by atoms with van der Waals surface area (Å²) in [5.74, 6) is 2.54. The molecule has 1 aliphatic heterocycles. The fourth-order valence-corrected chi connectivity index (χ4v) is 4.15. The Morgan fingerprint density at radius 2 is 1.82 bits per heavy atom. The van der Waals surface area contributed by atoms with Gasteiger partial charge in [0.25, 0.3) is 0 Å². The minimum atomic E-state index is -0.151. The first kappa shape index (κ1) is 23.1. The van der Waals surface area contributed by atoms with Crippen LogP contribution in [-0.2, 0) is 28.8 Å². The van der Waals surface area contributed by atoms with Crippen molar-refractivity contribution in [3.63, 3.8) is 0 Å². The highest BCUT2D eigenvalue weighted by Crippen LogP contribution is 2.23. The lowest BCUT2D eigenvalue weighted by molar-refractivity contribution is 0.122. The molecule has 0 aliphatic carbocycles. The van der Waals surface area contributed by atoms with Gasteiger partial charge in [-0.2, -0.15) is 0 Å². The molecule has 172 valence electrons. The zero-order chi connectivity index (χ0) is 23.0. The van der Waals surface area contributed by atoms with Crippen LogP contribution in [0.25, 0.3) is 11.4 Å². The van der Waals surface area contributed by atoms with Crippen LogP contribution in [0.1, 0.15) is 11.3 Å². The molecule has 0 bridgehead atoms. The number of aromatic nitrogens is 2. The van der Waals surface area contributed by atoms with Gasteiger partial charge in [-0.15, -0.1) is 0 Å². The van der Waals surface area contributed by atoms with Crippen molar-refractivity contribution in [3.05, 3.63) is 71.9 Å². The summed E-state index contributed by atoms with van der Waals surface area (Å²) in [5.41, 5.74) is 3.78. The molecule has 3 aromatic rings. The van der Waals surface area contributed by atoms with E-state index in [1.54, 1.807) is 11.9 Å². The van der Waals surface area contributed by atoms with Crippen molar-refractivity contribution in [2.75, 3.05) is 49.8 Å². The summed E-state index contributed by atoms with van der Waals surface area (Å²) in [6.07, 6.45) is 2.13. The first-order chi connectivity index (χ1) is 16.1. The zero-order valence-corrected chi connectivity index (χ0v) is 20.0. The molecule has 1 saturated heterocycles. The topological polar surface area (TPSA) is 70.6 Å². The van der Waals surface area contributed by atoms with Gasteiger partial charge in [0, 0.05) is 44.0 Å². The number of hydrogen-bond acceptors (Lipinski definition) is 5. The van der Waals surface area contributed by atoms with E-state index in [0.29, 0.717) is 25.6 Å². The van der Waals surface area contributed by atoms with Crippen molar-refractivity contribution >= 4 is 29.3 Å². The molecule has 8 heteroatoms. The number of urea groups is 1. The molecule has 1 N–H and O–H groups in total. The maximum absolute atomic E-state index is 12.6. The maximum atomic E-state index is 12.6. The summed E-state index contributed by atoms with van der Waals surface area (Å²) in [6.45, 7) is 3.65. The SMILES string of the molecule is C[SH+]Cc1cc(N2CCOCC2)nc(-c2ccc(NC(=O)N(C)Cc3ccccc3)cc2)n1. The second-order valence-corrected chi connectivity index (χ2v) is 8.91. The molecular weight excluding hydrogens is 434 g/mol. The van der Waals surface area contributed by atoms with E-state index in [1.807, 2.05) is 54.6 Å². The zero-order valence-electron chi connectivity index (χ0n) is 19.1. The van der Waals surface area contributed by atoms with Crippen molar-refractivity contribution < 1.29 is 9.53 Å². The molecule has 7 nitrogen and oxygen atoms in total. The van der Waals surface area contributed by atoms with Crippen LogP contribution in [0.4, 0.5) is 16.3 Å². The van der Waals surface area contributed by atoms with Crippen LogP contribution < -0.4 is 10.2 Å². The summed E-state index contributed by atoms with van der Waals surface area (Å²) in [7, 11) is 1.79. The Labute approximate surface area is 199 Å². The lowest BCUT2D eigenvalue weighted by Crippen LogP contribution is -2.37. The number of benzene rings is 2. The molecule has 2 aromatic carbocycles. The van der Waals surface area contributed by atoms with Crippen LogP contribution in [0.3, 0.4) is 0 Å². The van der Waals surface area contributed by atoms with Crippen LogP contribution in [0, 0.1) is 0 Å². The molecule has 2 amide bonds. The Bertz CT molecular complexity index is 1060. The normalized spacial score (nSPS) is 13.6. The highest BCUT2D eigenvalue weighted by molar-refractivity contribution is 7.76. The lowest BCUT2D eigenvalue weighted by Gasteiger charge is -2.28. The van der Waals surface area contributed by atoms with E-state index in [4.69, 9.17) is 14.7 Å². The van der Waals surface area contributed by atoms with Gasteiger partial charge in [0.2, 0.25) is 0 Å². The predicted molar refractivity (Wildman–Crippen MR) is 136 cm³/mol. The van der Waals surface area contributed by atoms with E-state index in [2.05, 4.69) is 22.5 Å². The van der Waals surface area contributed by atoms with Crippen molar-refractivity contribution in [1.29, 1.82) is 0 Å². The van der Waals surface area contributed by atoms with E-state index in [0.717, 1.165) is 47.2 Å². The molecule has 0 atom stereocenters. The maximum Gasteiger partial charge on any atom is 0.321 e. The first-order valence-corrected chi connectivity index (χ1v) is 12.6. The van der Waals surface area contributed by atoms with Crippen LogP contribution in [0.15, 0.2) is 60.7 Å². The van der Waals surface area contributed by atoms with Crippen LogP contribution >= 0.6 is 0 Å². The molecule has 0 spiro atoms. The van der Waals surface area contributed by atoms with E-state index in [9.17, 15) is 4.79 Å². The summed E-state index contributed by atoms with van der Waals surface area (Å²) in [4.78, 5) is 26.1. The number of morpholine rings is 1. The van der Waals surface area contributed by atoms with E-state index in [-0.39, 0.29) is 6.03 Å². The third-order valence-electron chi connectivity index (χ3n) is 5.42. The number of anilines is 2. The van der Waals surface area contributed by atoms with Crippen molar-refractivity contribution in [3.8, 4) is 11.4 Å². The van der Waals surface area contributed by atoms with Gasteiger partial charge in [-0.3, -0.25) is 0 Å². The Hall–Kier alpha value is -3.10. The Kier molecular flexibility index (Phi) is 7.80. The molecule has 1 fully saturated rings. The summed E-state index contributed by atoms with van der Waals surface area (Å²) in [6, 6.07) is 19.6. The third kappa shape index (κ3) is 6.24. The van der Waals surface area contributed by atoms with Gasteiger partial charge >= 0.3 is 6.03 Å². The summed E-state index contributed by atoms with van der Waals surface area (Å²) >= 11 is 1.27. The highest BCUT2D eigenvalue weighted by atomic mass is 32.2. The quantitative estimate of drug-likeness (QED) is 0.427. The van der Waals surface area contributed by atoms with Gasteiger partial charge < -0.3 is 19.9 Å². The van der Waals surface area contributed by atoms with Crippen LogP contribution in [-0.4, -0.2) is 60.5 Å². The van der Waals surface area contributed by atoms with Gasteiger partial charge in [-0.25, -0.2) is 14.8 Å². The number of carbonyl (C=O) groups is 1. The van der Waals surface area contributed by atoms with E-state index < -0.39 is 0 Å². The molecule has 4 rings (SSSR count). The standard InChI is InChI=1S/C25H29N5O2S/c1-29(17-19-6-4-3-5-7-19)25(31)27-21-10-8-20(9-11-21)24-26-22(18-33-2)16-23(28-24)30-12-14-32-15-13-30/h3-11,16H,12-15,17-18H2,1-2H3,(H,27,31)/p+1. The molecule has 0 saturated carbocycles. The highest BCUT2D eigenvalue weighted by Gasteiger charge is 2.17. The number of nitrogens with zero attached hydrogens (tertiary/aromatic N) is 4. The van der Waals surface area contributed by atoms with Crippen LogP contribution in [0.2, 0.25) is 0 Å². The number of carbonyl (C=O) groups excluding carboxylic acids is 1. The number of ether oxygens (including phenoxy) is 1. The van der Waals surface area contributed by atoms with Gasteiger partial charge in [-0.05, 0) is 41.6 Å². The Balaban J connectivity index is 1.46. The molecule has 1 aromatic heterocycles. The van der Waals surface area contributed by atoms with Gasteiger partial charge in [0.05, 0.1) is 25.2 Å². The second kappa shape index (κ2) is 11.2. The van der Waals surface area contributed by atoms with Crippen molar-refractivity contribution in [1.82, 2.24) is 14.9 Å². The molecule has 0 unspecified atom stereocenters. The lowest BCUT2D eigenvalue weighted by atomic mass is 10.2. The summed E-state index contributed by atoms with van der Waals surface area (Å²) in [5, 5.41) is 2.96. The van der Waals surface area contributed by atoms with Gasteiger partial charge in [0.1, 0.15) is 11.6 Å². The summed E-state index contributed by atoms with van der Waals surface area (Å²) < 4.78 is 5.48. The van der Waals surface area contributed by atoms with Crippen molar-refractivity contribution in [2.24, 2.45) is 0 Å². The molecule has 0 radical (unpaired) electrons. The number of hydrogen-bond donors (Lipinski definition) is 1. The Morgan fingerprint density at radius 1 is 1.09 bits per heavy atom. The van der Waals surface area contributed by atoms with Gasteiger partial charge in [0.15, 0.2) is 5.82 Å². The largest absolute Gasteiger partial charge is 0.378 e. The molecule has 2 heterocycles. The van der Waals surface area contributed by atoms with E-state index in [1.165, 1.54) is 11.8 Å². The van der Waals surface area contributed by atoms with Crippen LogP contribution in [0.5, 0.6) is 0 Å². The number of amides is 2. The predicted octanol–water partition coefficient (Wildman–Crippen LogP) is 3.59. The van der Waals surface area contributed by atoms with E-state index >= 15 is 0 Å². The minimum Gasteiger partial charge on any atom is -0.378 e. The fraction of sp³-hybridized carbons (Fsp3) is 0.320. The fourth-order valence-electron chi connectivity index (χ4n) is 3.66. The molecule has 1 aliphatic rings. The third-order valence-corrected chi connectivity index (χ3v) is 6.06. The monoisotopic (exact) mass is 464 g/mol. The first-order valence-electron chi connectivity index (χ1n) is 11.0. The number of thiol groups is 1. The smallest absolute Gasteiger partial charge is 0.321 e.